The van der Waals surface area contributed by atoms with Crippen LogP contribution < -0.4 is 10.6 Å². The van der Waals surface area contributed by atoms with Crippen LogP contribution in [0.1, 0.15) is 71.8 Å². The number of pyridine rings is 1. The van der Waals surface area contributed by atoms with E-state index in [-0.39, 0.29) is 39.8 Å². The summed E-state index contributed by atoms with van der Waals surface area (Å²) in [5, 5.41) is 13.6. The van der Waals surface area contributed by atoms with Crippen molar-refractivity contribution in [1.29, 1.82) is 0 Å². The molecule has 0 unspecified atom stereocenters. The normalized spacial score (nSPS) is 20.8. The number of alkyl halides is 5. The molecule has 0 aromatic carbocycles. The summed E-state index contributed by atoms with van der Waals surface area (Å²) >= 11 is 0.713. The second kappa shape index (κ2) is 10.5. The Hall–Kier alpha value is -2.87. The number of aliphatic hydroxyl groups is 1. The Kier molecular flexibility index (Phi) is 7.70. The van der Waals surface area contributed by atoms with Crippen LogP contribution in [0.15, 0.2) is 12.3 Å². The lowest BCUT2D eigenvalue weighted by atomic mass is 10.0. The lowest BCUT2D eigenvalue weighted by Gasteiger charge is -2.22. The van der Waals surface area contributed by atoms with E-state index < -0.39 is 47.9 Å². The van der Waals surface area contributed by atoms with Gasteiger partial charge in [0.05, 0.1) is 11.5 Å². The fourth-order valence-electron chi connectivity index (χ4n) is 4.67. The van der Waals surface area contributed by atoms with Gasteiger partial charge in [-0.25, -0.2) is 18.7 Å². The van der Waals surface area contributed by atoms with Crippen molar-refractivity contribution in [3.05, 3.63) is 28.5 Å². The molecule has 0 aliphatic carbocycles. The highest BCUT2D eigenvalue weighted by atomic mass is 32.1. The number of anilines is 1. The predicted molar refractivity (Wildman–Crippen MR) is 126 cm³/mol. The van der Waals surface area contributed by atoms with Gasteiger partial charge in [0.15, 0.2) is 5.01 Å². The van der Waals surface area contributed by atoms with Gasteiger partial charge in [-0.15, -0.1) is 11.3 Å². The number of halogens is 5. The third-order valence-corrected chi connectivity index (χ3v) is 7.72. The molecule has 0 spiro atoms. The summed E-state index contributed by atoms with van der Waals surface area (Å²) in [7, 11) is 0. The molecule has 3 N–H and O–H groups in total. The number of aromatic nitrogens is 2. The molecule has 8 nitrogen and oxygen atoms in total. The van der Waals surface area contributed by atoms with E-state index in [1.807, 2.05) is 0 Å². The monoisotopic (exact) mass is 547 g/mol. The van der Waals surface area contributed by atoms with Crippen molar-refractivity contribution in [2.75, 3.05) is 11.9 Å². The number of fused-ring (bicyclic) bond motifs is 2. The van der Waals surface area contributed by atoms with Crippen LogP contribution in [0.2, 0.25) is 0 Å². The van der Waals surface area contributed by atoms with Crippen molar-refractivity contribution in [1.82, 2.24) is 20.2 Å². The summed E-state index contributed by atoms with van der Waals surface area (Å²) in [5.74, 6) is -1.59. The summed E-state index contributed by atoms with van der Waals surface area (Å²) in [4.78, 5) is 36.0. The van der Waals surface area contributed by atoms with Gasteiger partial charge >= 0.3 is 6.18 Å². The van der Waals surface area contributed by atoms with E-state index in [9.17, 15) is 36.6 Å². The van der Waals surface area contributed by atoms with Crippen LogP contribution in [0.4, 0.5) is 27.8 Å². The molecular weight excluding hydrogens is 521 g/mol. The second-order valence-electron chi connectivity index (χ2n) is 9.29. The third kappa shape index (κ3) is 5.54. The third-order valence-electron chi connectivity index (χ3n) is 6.63. The number of rotatable bonds is 8. The average molecular weight is 548 g/mol. The standard InChI is InChI=1S/C23H26F5N5O3S/c1-10(9-34)30-20(35)21-32-17(22(36)33-12-3-4-13(33)6-5-12)18(37-21)15-8-29-16(7-14(15)19(24)25)31-11(2)23(26,27)28/h7-8,10-13,19,34H,3-6,9H2,1-2H3,(H,29,31)(H,30,35)/t10-,11+,12-,13+/m1/s1. The zero-order valence-electron chi connectivity index (χ0n) is 20.0. The average Bonchev–Trinajstić information content (AvgIpc) is 3.57. The molecule has 2 fully saturated rings. The summed E-state index contributed by atoms with van der Waals surface area (Å²) in [5.41, 5.74) is -1.02. The van der Waals surface area contributed by atoms with Crippen LogP contribution in [0.5, 0.6) is 0 Å². The minimum atomic E-state index is -4.62. The van der Waals surface area contributed by atoms with Crippen molar-refractivity contribution >= 4 is 29.0 Å². The van der Waals surface area contributed by atoms with E-state index in [1.54, 1.807) is 11.8 Å². The number of hydrogen-bond acceptors (Lipinski definition) is 7. The van der Waals surface area contributed by atoms with Crippen LogP contribution >= 0.6 is 11.3 Å². The van der Waals surface area contributed by atoms with Gasteiger partial charge in [-0.1, -0.05) is 0 Å². The smallest absolute Gasteiger partial charge is 0.394 e. The number of nitrogens with zero attached hydrogens (tertiary/aromatic N) is 3. The van der Waals surface area contributed by atoms with Crippen molar-refractivity contribution in [2.45, 2.75) is 76.3 Å². The molecule has 202 valence electrons. The lowest BCUT2D eigenvalue weighted by Crippen LogP contribution is -2.36. The molecular formula is C23H26F5N5O3S. The molecule has 2 saturated heterocycles. The van der Waals surface area contributed by atoms with E-state index >= 15 is 0 Å². The van der Waals surface area contributed by atoms with Gasteiger partial charge in [-0.3, -0.25) is 9.59 Å². The first kappa shape index (κ1) is 27.2. The summed E-state index contributed by atoms with van der Waals surface area (Å²) in [6.45, 7) is 2.03. The Morgan fingerprint density at radius 2 is 1.81 bits per heavy atom. The Labute approximate surface area is 213 Å². The largest absolute Gasteiger partial charge is 0.408 e. The minimum absolute atomic E-state index is 0.00173. The van der Waals surface area contributed by atoms with Crippen LogP contribution in [0.25, 0.3) is 10.4 Å². The molecule has 2 aliphatic heterocycles. The lowest BCUT2D eigenvalue weighted by molar-refractivity contribution is -0.138. The van der Waals surface area contributed by atoms with Crippen LogP contribution in [-0.2, 0) is 0 Å². The summed E-state index contributed by atoms with van der Waals surface area (Å²) in [6.07, 6.45) is -3.49. The van der Waals surface area contributed by atoms with Gasteiger partial charge in [0.2, 0.25) is 0 Å². The predicted octanol–water partition coefficient (Wildman–Crippen LogP) is 4.38. The topological polar surface area (TPSA) is 107 Å². The number of thiazole rings is 1. The van der Waals surface area contributed by atoms with Crippen molar-refractivity contribution in [3.8, 4) is 10.4 Å². The van der Waals surface area contributed by atoms with Crippen molar-refractivity contribution < 1.29 is 36.6 Å². The second-order valence-corrected chi connectivity index (χ2v) is 10.3. The fraction of sp³-hybridized carbons (Fsp3) is 0.565. The van der Waals surface area contributed by atoms with E-state index in [2.05, 4.69) is 20.6 Å². The van der Waals surface area contributed by atoms with Crippen LogP contribution in [0, 0.1) is 0 Å². The Morgan fingerprint density at radius 3 is 2.35 bits per heavy atom. The van der Waals surface area contributed by atoms with E-state index in [4.69, 9.17) is 0 Å². The molecule has 14 heteroatoms. The van der Waals surface area contributed by atoms with Crippen LogP contribution in [0.3, 0.4) is 0 Å². The maximum atomic E-state index is 14.1. The molecule has 4 rings (SSSR count). The van der Waals surface area contributed by atoms with E-state index in [1.165, 1.54) is 0 Å². The van der Waals surface area contributed by atoms with Gasteiger partial charge in [-0.05, 0) is 45.6 Å². The molecule has 2 aromatic heterocycles. The maximum absolute atomic E-state index is 14.1. The quantitative estimate of drug-likeness (QED) is 0.424. The molecule has 2 atom stereocenters. The zero-order valence-corrected chi connectivity index (χ0v) is 20.8. The van der Waals surface area contributed by atoms with E-state index in [0.717, 1.165) is 44.9 Å². The highest BCUT2D eigenvalue weighted by Gasteiger charge is 2.44. The first-order valence-corrected chi connectivity index (χ1v) is 12.6. The number of carbonyl (C=O) groups excluding carboxylic acids is 2. The van der Waals surface area contributed by atoms with Gasteiger partial charge in [0.1, 0.15) is 17.6 Å². The van der Waals surface area contributed by atoms with Crippen molar-refractivity contribution in [2.24, 2.45) is 0 Å². The Balaban J connectivity index is 1.77. The first-order valence-electron chi connectivity index (χ1n) is 11.8. The van der Waals surface area contributed by atoms with Gasteiger partial charge < -0.3 is 20.6 Å². The maximum Gasteiger partial charge on any atom is 0.408 e. The van der Waals surface area contributed by atoms with Gasteiger partial charge in [0, 0.05) is 35.4 Å². The molecule has 2 aliphatic rings. The highest BCUT2D eigenvalue weighted by molar-refractivity contribution is 7.17. The summed E-state index contributed by atoms with van der Waals surface area (Å²) < 4.78 is 67.1. The Morgan fingerprint density at radius 1 is 1.19 bits per heavy atom. The van der Waals surface area contributed by atoms with Gasteiger partial charge in [0.25, 0.3) is 18.2 Å². The molecule has 2 aromatic rings. The Bertz CT molecular complexity index is 1150. The number of nitrogens with one attached hydrogen (secondary N) is 2. The zero-order chi connectivity index (χ0) is 27.1. The number of aliphatic hydroxyl groups excluding tert-OH is 1. The molecule has 2 amide bonds. The summed E-state index contributed by atoms with van der Waals surface area (Å²) in [6, 6.07) is -1.84. The number of carbonyl (C=O) groups is 2. The molecule has 0 radical (unpaired) electrons. The minimum Gasteiger partial charge on any atom is -0.394 e. The molecule has 4 heterocycles. The highest BCUT2D eigenvalue weighted by Crippen LogP contribution is 2.42. The molecule has 2 bridgehead atoms. The number of amides is 2. The molecule has 37 heavy (non-hydrogen) atoms. The van der Waals surface area contributed by atoms with Crippen LogP contribution in [-0.4, -0.2) is 68.7 Å². The van der Waals surface area contributed by atoms with Gasteiger partial charge in [-0.2, -0.15) is 13.2 Å². The van der Waals surface area contributed by atoms with E-state index in [0.29, 0.717) is 11.3 Å². The SMILES string of the molecule is C[C@H](CO)NC(=O)c1nc(C(=O)N2[C@H]3CC[C@@H]2CC3)c(-c2cnc(N[C@@H](C)C(F)(F)F)cc2C(F)F)s1. The number of hydrogen-bond donors (Lipinski definition) is 3. The fourth-order valence-corrected chi connectivity index (χ4v) is 5.66. The molecule has 0 saturated carbocycles. The first-order chi connectivity index (χ1) is 17.4. The van der Waals surface area contributed by atoms with Crippen molar-refractivity contribution in [3.63, 3.8) is 0 Å².